The molecule has 0 amide bonds. The summed E-state index contributed by atoms with van der Waals surface area (Å²) in [6, 6.07) is 17.7. The van der Waals surface area contributed by atoms with Crippen molar-refractivity contribution in [3.05, 3.63) is 93.5 Å². The van der Waals surface area contributed by atoms with Crippen LogP contribution >= 0.6 is 0 Å². The molecule has 162 valence electrons. The summed E-state index contributed by atoms with van der Waals surface area (Å²) in [6.45, 7) is 1.78. The number of carbonyl (C=O) groups is 1. The Morgan fingerprint density at radius 2 is 1.81 bits per heavy atom. The quantitative estimate of drug-likeness (QED) is 0.506. The monoisotopic (exact) mass is 424 g/mol. The highest BCUT2D eigenvalue weighted by atomic mass is 16.5. The molecule has 0 saturated heterocycles. The second-order valence-electron chi connectivity index (χ2n) is 6.85. The van der Waals surface area contributed by atoms with Crippen LogP contribution < -0.4 is 10.2 Å². The third-order valence-electron chi connectivity index (χ3n) is 4.68. The van der Waals surface area contributed by atoms with Gasteiger partial charge in [0.15, 0.2) is 5.76 Å². The molecule has 0 saturated carbocycles. The lowest BCUT2D eigenvalue weighted by Crippen LogP contribution is -2.15. The first-order valence-corrected chi connectivity index (χ1v) is 9.90. The van der Waals surface area contributed by atoms with Crippen molar-refractivity contribution in [3.8, 4) is 11.5 Å². The van der Waals surface area contributed by atoms with Crippen molar-refractivity contribution in [1.29, 1.82) is 0 Å². The lowest BCUT2D eigenvalue weighted by Gasteiger charge is -2.18. The molecule has 7 heteroatoms. The number of hydrogen-bond acceptors (Lipinski definition) is 7. The average Bonchev–Trinajstić information content (AvgIpc) is 2.79. The summed E-state index contributed by atoms with van der Waals surface area (Å²) in [5.74, 6) is -1.36. The van der Waals surface area contributed by atoms with Crippen LogP contribution in [-0.4, -0.2) is 22.8 Å². The Balaban J connectivity index is 1.88. The molecule has 1 heterocycles. The molecule has 0 aliphatic heterocycles. The third kappa shape index (κ3) is 5.73. The van der Waals surface area contributed by atoms with Crippen LogP contribution in [0, 0.1) is 0 Å². The Labute approximate surface area is 179 Å². The summed E-state index contributed by atoms with van der Waals surface area (Å²) in [5, 5.41) is 19.7. The topological polar surface area (TPSA) is 106 Å². The van der Waals surface area contributed by atoms with E-state index in [0.717, 1.165) is 11.6 Å². The first-order chi connectivity index (χ1) is 15.0. The Morgan fingerprint density at radius 1 is 1.10 bits per heavy atom. The zero-order valence-corrected chi connectivity index (χ0v) is 17.1. The number of hydrogen-bond donors (Lipinski definition) is 2. The first kappa shape index (κ1) is 22.1. The van der Waals surface area contributed by atoms with Crippen molar-refractivity contribution in [1.82, 2.24) is 0 Å². The predicted molar refractivity (Wildman–Crippen MR) is 113 cm³/mol. The van der Waals surface area contributed by atoms with Crippen molar-refractivity contribution in [2.24, 2.45) is 0 Å². The number of benzene rings is 2. The molecular formula is C24H24O7. The summed E-state index contributed by atoms with van der Waals surface area (Å²) in [7, 11) is 0. The van der Waals surface area contributed by atoms with Crippen LogP contribution in [-0.2, 0) is 22.7 Å². The van der Waals surface area contributed by atoms with Gasteiger partial charge in [0.1, 0.15) is 24.7 Å². The molecule has 0 unspecified atom stereocenters. The highest BCUT2D eigenvalue weighted by Crippen LogP contribution is 2.34. The number of aliphatic hydroxyl groups is 1. The fraction of sp³-hybridized carbons (Fsp3) is 0.250. The molecule has 3 rings (SSSR count). The maximum atomic E-state index is 12.2. The molecule has 1 atom stereocenters. The zero-order chi connectivity index (χ0) is 22.2. The number of carbonyl (C=O) groups excluding carboxylic acids is 1. The van der Waals surface area contributed by atoms with Gasteiger partial charge in [0.25, 0.3) is 0 Å². The van der Waals surface area contributed by atoms with Crippen molar-refractivity contribution in [2.75, 3.05) is 6.61 Å². The highest BCUT2D eigenvalue weighted by molar-refractivity contribution is 5.71. The van der Waals surface area contributed by atoms with Gasteiger partial charge in [-0.25, -0.2) is 0 Å². The van der Waals surface area contributed by atoms with Gasteiger partial charge in [-0.2, -0.15) is 0 Å². The molecular weight excluding hydrogens is 400 g/mol. The normalized spacial score (nSPS) is 11.7. The Kier molecular flexibility index (Phi) is 7.45. The van der Waals surface area contributed by atoms with Gasteiger partial charge in [0.05, 0.1) is 18.9 Å². The second kappa shape index (κ2) is 10.4. The first-order valence-electron chi connectivity index (χ1n) is 9.90. The Bertz CT molecular complexity index is 1060. The Hall–Kier alpha value is -3.58. The van der Waals surface area contributed by atoms with Crippen LogP contribution in [0.25, 0.3) is 0 Å². The summed E-state index contributed by atoms with van der Waals surface area (Å²) in [5.41, 5.74) is 0.954. The van der Waals surface area contributed by atoms with Crippen LogP contribution in [0.15, 0.2) is 69.9 Å². The minimum Gasteiger partial charge on any atom is -0.502 e. The molecule has 2 aromatic carbocycles. The van der Waals surface area contributed by atoms with Gasteiger partial charge in [-0.3, -0.25) is 9.59 Å². The second-order valence-corrected chi connectivity index (χ2v) is 6.85. The summed E-state index contributed by atoms with van der Waals surface area (Å²) in [6.07, 6.45) is -0.149. The highest BCUT2D eigenvalue weighted by Gasteiger charge is 2.26. The van der Waals surface area contributed by atoms with E-state index in [4.69, 9.17) is 13.9 Å². The van der Waals surface area contributed by atoms with Crippen molar-refractivity contribution < 1.29 is 28.9 Å². The van der Waals surface area contributed by atoms with Gasteiger partial charge in [0, 0.05) is 6.07 Å². The van der Waals surface area contributed by atoms with E-state index in [-0.39, 0.29) is 24.5 Å². The van der Waals surface area contributed by atoms with Gasteiger partial charge in [-0.05, 0) is 30.2 Å². The smallest absolute Gasteiger partial charge is 0.306 e. The molecule has 1 aromatic heterocycles. The van der Waals surface area contributed by atoms with Crippen LogP contribution in [0.5, 0.6) is 11.5 Å². The molecule has 3 aromatic rings. The maximum Gasteiger partial charge on any atom is 0.306 e. The third-order valence-corrected chi connectivity index (χ3v) is 4.68. The largest absolute Gasteiger partial charge is 0.502 e. The standard InChI is InChI=1S/C24H24O7/c1-2-29-22(27)13-20(24-23(28)21(26)12-19(14-25)31-24)17-8-10-18(11-9-17)30-15-16-6-4-3-5-7-16/h3-12,20,25,28H,2,13-15H2,1H3/t20-/m1/s1. The minimum absolute atomic E-state index is 0.00512. The van der Waals surface area contributed by atoms with Gasteiger partial charge in [-0.1, -0.05) is 42.5 Å². The molecule has 0 bridgehead atoms. The molecule has 0 aliphatic carbocycles. The van der Waals surface area contributed by atoms with Crippen molar-refractivity contribution in [2.45, 2.75) is 32.5 Å². The van der Waals surface area contributed by atoms with Crippen LogP contribution in [0.3, 0.4) is 0 Å². The van der Waals surface area contributed by atoms with Gasteiger partial charge >= 0.3 is 5.97 Å². The van der Waals surface area contributed by atoms with Gasteiger partial charge < -0.3 is 24.1 Å². The van der Waals surface area contributed by atoms with E-state index in [0.29, 0.717) is 17.9 Å². The van der Waals surface area contributed by atoms with E-state index in [1.54, 1.807) is 31.2 Å². The van der Waals surface area contributed by atoms with E-state index >= 15 is 0 Å². The van der Waals surface area contributed by atoms with E-state index in [9.17, 15) is 19.8 Å². The number of aromatic hydroxyl groups is 1. The lowest BCUT2D eigenvalue weighted by atomic mass is 9.92. The molecule has 2 N–H and O–H groups in total. The molecule has 0 aliphatic rings. The average molecular weight is 424 g/mol. The fourth-order valence-electron chi connectivity index (χ4n) is 3.15. The minimum atomic E-state index is -0.776. The van der Waals surface area contributed by atoms with E-state index in [1.165, 1.54) is 0 Å². The number of esters is 1. The zero-order valence-electron chi connectivity index (χ0n) is 17.1. The fourth-order valence-corrected chi connectivity index (χ4v) is 3.15. The summed E-state index contributed by atoms with van der Waals surface area (Å²) < 4.78 is 16.4. The SMILES string of the molecule is CCOC(=O)C[C@H](c1ccc(OCc2ccccc2)cc1)c1oc(CO)cc(=O)c1O. The van der Waals surface area contributed by atoms with Crippen molar-refractivity contribution >= 4 is 5.97 Å². The van der Waals surface area contributed by atoms with E-state index < -0.39 is 29.7 Å². The van der Waals surface area contributed by atoms with E-state index in [1.807, 2.05) is 30.3 Å². The molecule has 0 spiro atoms. The molecule has 0 radical (unpaired) electrons. The number of ether oxygens (including phenoxy) is 2. The number of rotatable bonds is 9. The summed E-state index contributed by atoms with van der Waals surface area (Å²) >= 11 is 0. The molecule has 0 fully saturated rings. The van der Waals surface area contributed by atoms with E-state index in [2.05, 4.69) is 0 Å². The predicted octanol–water partition coefficient (Wildman–Crippen LogP) is 3.50. The van der Waals surface area contributed by atoms with Gasteiger partial charge in [-0.15, -0.1) is 0 Å². The number of aliphatic hydroxyl groups excluding tert-OH is 1. The molecule has 31 heavy (non-hydrogen) atoms. The van der Waals surface area contributed by atoms with Crippen LogP contribution in [0.2, 0.25) is 0 Å². The van der Waals surface area contributed by atoms with Gasteiger partial charge in [0.2, 0.25) is 11.2 Å². The summed E-state index contributed by atoms with van der Waals surface area (Å²) in [4.78, 5) is 24.3. The van der Waals surface area contributed by atoms with Crippen molar-refractivity contribution in [3.63, 3.8) is 0 Å². The molecule has 7 nitrogen and oxygen atoms in total. The van der Waals surface area contributed by atoms with Crippen LogP contribution in [0.4, 0.5) is 0 Å². The van der Waals surface area contributed by atoms with Crippen LogP contribution in [0.1, 0.15) is 41.9 Å². The Morgan fingerprint density at radius 3 is 2.45 bits per heavy atom. The maximum absolute atomic E-state index is 12.2. The lowest BCUT2D eigenvalue weighted by molar-refractivity contribution is -0.143.